The summed E-state index contributed by atoms with van der Waals surface area (Å²) in [5.74, 6) is -0.148. The van der Waals surface area contributed by atoms with Crippen molar-refractivity contribution in [1.82, 2.24) is 4.90 Å². The summed E-state index contributed by atoms with van der Waals surface area (Å²) >= 11 is 6.14. The molecule has 0 saturated carbocycles. The van der Waals surface area contributed by atoms with Gasteiger partial charge < -0.3 is 14.5 Å². The van der Waals surface area contributed by atoms with Crippen molar-refractivity contribution in [3.05, 3.63) is 130 Å². The first-order valence-electron chi connectivity index (χ1n) is 13.4. The number of fused-ring (bicyclic) bond motifs is 1. The fourth-order valence-corrected chi connectivity index (χ4v) is 5.30. The van der Waals surface area contributed by atoms with Crippen LogP contribution >= 0.6 is 11.6 Å². The number of rotatable bonds is 5. The Balaban J connectivity index is 1.16. The lowest BCUT2D eigenvalue weighted by atomic mass is 10.1. The van der Waals surface area contributed by atoms with Gasteiger partial charge in [0.05, 0.1) is 12.2 Å². The van der Waals surface area contributed by atoms with Crippen molar-refractivity contribution in [1.29, 1.82) is 0 Å². The Morgan fingerprint density at radius 3 is 2.37 bits per heavy atom. The maximum absolute atomic E-state index is 14.4. The maximum Gasteiger partial charge on any atom is 0.294 e. The first-order valence-corrected chi connectivity index (χ1v) is 13.8. The van der Waals surface area contributed by atoms with Gasteiger partial charge in [0.25, 0.3) is 11.8 Å². The quantitative estimate of drug-likeness (QED) is 0.262. The molecule has 2 heterocycles. The monoisotopic (exact) mass is 567 g/mol. The number of amides is 2. The minimum atomic E-state index is -0.374. The van der Waals surface area contributed by atoms with Crippen molar-refractivity contribution >= 4 is 40.9 Å². The molecule has 2 aliphatic heterocycles. The van der Waals surface area contributed by atoms with Crippen LogP contribution in [0.15, 0.2) is 103 Å². The van der Waals surface area contributed by atoms with E-state index in [2.05, 4.69) is 4.90 Å². The van der Waals surface area contributed by atoms with Crippen LogP contribution in [0.4, 0.5) is 15.8 Å². The van der Waals surface area contributed by atoms with Crippen LogP contribution < -0.4 is 14.5 Å². The van der Waals surface area contributed by atoms with Crippen LogP contribution in [0.25, 0.3) is 6.08 Å². The summed E-state index contributed by atoms with van der Waals surface area (Å²) in [6.07, 6.45) is 1.64. The van der Waals surface area contributed by atoms with Crippen molar-refractivity contribution in [2.45, 2.75) is 6.54 Å². The van der Waals surface area contributed by atoms with Crippen LogP contribution in [-0.2, 0) is 11.3 Å². The molecule has 2 amide bonds. The van der Waals surface area contributed by atoms with E-state index in [4.69, 9.17) is 16.3 Å². The summed E-state index contributed by atoms with van der Waals surface area (Å²) in [6.45, 7) is 2.73. The number of benzene rings is 4. The van der Waals surface area contributed by atoms with E-state index in [0.717, 1.165) is 18.8 Å². The number of ether oxygens (including phenoxy) is 1. The van der Waals surface area contributed by atoms with Crippen LogP contribution in [0.1, 0.15) is 21.5 Å². The predicted molar refractivity (Wildman–Crippen MR) is 159 cm³/mol. The molecule has 1 saturated heterocycles. The summed E-state index contributed by atoms with van der Waals surface area (Å²) in [5, 5.41) is 0.693. The third-order valence-corrected chi connectivity index (χ3v) is 7.55. The number of carbonyl (C=O) groups is 2. The van der Waals surface area contributed by atoms with Gasteiger partial charge in [-0.05, 0) is 60.2 Å². The van der Waals surface area contributed by atoms with Gasteiger partial charge in [0.2, 0.25) is 0 Å². The number of nitrogens with zero attached hydrogens (tertiary/aromatic N) is 3. The highest BCUT2D eigenvalue weighted by Gasteiger charge is 2.31. The van der Waals surface area contributed by atoms with E-state index in [1.807, 2.05) is 41.3 Å². The van der Waals surface area contributed by atoms with Crippen molar-refractivity contribution in [2.75, 3.05) is 36.0 Å². The highest BCUT2D eigenvalue weighted by molar-refractivity contribution is 6.30. The van der Waals surface area contributed by atoms with Crippen LogP contribution in [0.2, 0.25) is 5.02 Å². The van der Waals surface area contributed by atoms with Gasteiger partial charge in [-0.1, -0.05) is 60.1 Å². The van der Waals surface area contributed by atoms with E-state index in [9.17, 15) is 14.0 Å². The number of piperazine rings is 1. The van der Waals surface area contributed by atoms with Gasteiger partial charge in [-0.15, -0.1) is 0 Å². The average Bonchev–Trinajstić information content (AvgIpc) is 3.00. The topological polar surface area (TPSA) is 53.1 Å². The summed E-state index contributed by atoms with van der Waals surface area (Å²) < 4.78 is 20.4. The van der Waals surface area contributed by atoms with Crippen molar-refractivity contribution < 1.29 is 18.7 Å². The van der Waals surface area contributed by atoms with Gasteiger partial charge >= 0.3 is 0 Å². The molecule has 6 nitrogen and oxygen atoms in total. The number of carbonyl (C=O) groups excluding carboxylic acids is 2. The number of anilines is 2. The minimum Gasteiger partial charge on any atom is -0.449 e. The highest BCUT2D eigenvalue weighted by Crippen LogP contribution is 2.36. The first-order chi connectivity index (χ1) is 20.0. The SMILES string of the molecule is O=C(c1ccc(/C=C2\Oc3ccccc3N(Cc3ccccc3F)C2=O)cc1)N1CCN(c2cccc(Cl)c2)CC1. The molecular weight excluding hydrogens is 541 g/mol. The van der Waals surface area contributed by atoms with Crippen LogP contribution in [0.5, 0.6) is 5.75 Å². The van der Waals surface area contributed by atoms with Crippen molar-refractivity contribution in [2.24, 2.45) is 0 Å². The van der Waals surface area contributed by atoms with Crippen molar-refractivity contribution in [3.63, 3.8) is 0 Å². The van der Waals surface area contributed by atoms with E-state index in [1.54, 1.807) is 60.7 Å². The number of hydrogen-bond donors (Lipinski definition) is 0. The molecule has 0 N–H and O–H groups in total. The summed E-state index contributed by atoms with van der Waals surface area (Å²) in [7, 11) is 0. The largest absolute Gasteiger partial charge is 0.449 e. The molecule has 8 heteroatoms. The van der Waals surface area contributed by atoms with Gasteiger partial charge in [-0.3, -0.25) is 14.5 Å². The second kappa shape index (κ2) is 11.5. The Morgan fingerprint density at radius 2 is 1.61 bits per heavy atom. The molecule has 0 bridgehead atoms. The van der Waals surface area contributed by atoms with Gasteiger partial charge in [0.15, 0.2) is 11.5 Å². The Kier molecular flexibility index (Phi) is 7.44. The third kappa shape index (κ3) is 5.67. The zero-order chi connectivity index (χ0) is 28.3. The molecule has 1 fully saturated rings. The smallest absolute Gasteiger partial charge is 0.294 e. The van der Waals surface area contributed by atoms with Crippen molar-refractivity contribution in [3.8, 4) is 5.75 Å². The lowest BCUT2D eigenvalue weighted by Gasteiger charge is -2.36. The molecule has 2 aliphatic rings. The number of para-hydroxylation sites is 2. The summed E-state index contributed by atoms with van der Waals surface area (Å²) in [6, 6.07) is 28.4. The number of halogens is 2. The molecule has 0 aliphatic carbocycles. The molecule has 0 radical (unpaired) electrons. The molecule has 4 aromatic carbocycles. The van der Waals surface area contributed by atoms with E-state index >= 15 is 0 Å². The molecule has 0 unspecified atom stereocenters. The van der Waals surface area contributed by atoms with Crippen LogP contribution in [0.3, 0.4) is 0 Å². The maximum atomic E-state index is 14.4. The van der Waals surface area contributed by atoms with E-state index in [-0.39, 0.29) is 29.9 Å². The fraction of sp³-hybridized carbons (Fsp3) is 0.152. The normalized spacial score (nSPS) is 16.0. The first kappa shape index (κ1) is 26.6. The molecule has 0 atom stereocenters. The molecule has 0 aromatic heterocycles. The highest BCUT2D eigenvalue weighted by atomic mass is 35.5. The molecule has 4 aromatic rings. The molecule has 6 rings (SSSR count). The van der Waals surface area contributed by atoms with Gasteiger partial charge in [-0.2, -0.15) is 0 Å². The van der Waals surface area contributed by atoms with E-state index in [0.29, 0.717) is 46.2 Å². The van der Waals surface area contributed by atoms with Gasteiger partial charge in [0, 0.05) is 48.0 Å². The molecule has 0 spiro atoms. The second-order valence-electron chi connectivity index (χ2n) is 9.94. The third-order valence-electron chi connectivity index (χ3n) is 7.31. The van der Waals surface area contributed by atoms with Gasteiger partial charge in [0.1, 0.15) is 5.82 Å². The zero-order valence-corrected chi connectivity index (χ0v) is 22.9. The Labute approximate surface area is 242 Å². The zero-order valence-electron chi connectivity index (χ0n) is 22.2. The molecule has 206 valence electrons. The van der Waals surface area contributed by atoms with E-state index in [1.165, 1.54) is 11.0 Å². The summed E-state index contributed by atoms with van der Waals surface area (Å²) in [4.78, 5) is 32.2. The Bertz CT molecular complexity index is 1630. The van der Waals surface area contributed by atoms with Gasteiger partial charge in [-0.25, -0.2) is 4.39 Å². The van der Waals surface area contributed by atoms with Crippen LogP contribution in [-0.4, -0.2) is 42.9 Å². The number of hydrogen-bond acceptors (Lipinski definition) is 4. The van der Waals surface area contributed by atoms with E-state index < -0.39 is 0 Å². The lowest BCUT2D eigenvalue weighted by molar-refractivity contribution is -0.117. The summed E-state index contributed by atoms with van der Waals surface area (Å²) in [5.41, 5.74) is 3.32. The standard InChI is InChI=1S/C33H27ClFN3O3/c34-26-7-5-8-27(21-26)36-16-18-37(19-17-36)32(39)24-14-12-23(13-15-24)20-31-33(40)38(22-25-6-1-2-9-28(25)35)29-10-3-4-11-30(29)41-31/h1-15,20-21H,16-19,22H2/b31-20-. The predicted octanol–water partition coefficient (Wildman–Crippen LogP) is 6.41. The average molecular weight is 568 g/mol. The lowest BCUT2D eigenvalue weighted by Crippen LogP contribution is -2.48. The Morgan fingerprint density at radius 1 is 0.878 bits per heavy atom. The minimum absolute atomic E-state index is 0.0371. The Hall–Kier alpha value is -4.62. The second-order valence-corrected chi connectivity index (χ2v) is 10.4. The fourth-order valence-electron chi connectivity index (χ4n) is 5.11. The molecular formula is C33H27ClFN3O3. The van der Waals surface area contributed by atoms with Crippen LogP contribution in [0, 0.1) is 5.82 Å². The molecule has 41 heavy (non-hydrogen) atoms.